The predicted octanol–water partition coefficient (Wildman–Crippen LogP) is 5.27. The molecule has 29 heavy (non-hydrogen) atoms. The molecule has 1 N–H and O–H groups in total. The van der Waals surface area contributed by atoms with Crippen molar-refractivity contribution in [2.24, 2.45) is 0 Å². The second-order valence-corrected chi connectivity index (χ2v) is 6.26. The van der Waals surface area contributed by atoms with E-state index in [9.17, 15) is 53.1 Å². The van der Waals surface area contributed by atoms with E-state index in [-0.39, 0.29) is 10.2 Å². The Morgan fingerprint density at radius 3 is 1.93 bits per heavy atom. The average Bonchev–Trinajstić information content (AvgIpc) is 2.94. The molecule has 4 nitrogen and oxygen atoms in total. The third-order valence-corrected chi connectivity index (χ3v) is 4.11. The van der Waals surface area contributed by atoms with Gasteiger partial charge in [0.25, 0.3) is 0 Å². The second kappa shape index (κ2) is 6.93. The fraction of sp³-hybridized carbons (Fsp3) is 0.385. The van der Waals surface area contributed by atoms with Crippen molar-refractivity contribution in [1.29, 1.82) is 0 Å². The van der Waals surface area contributed by atoms with Gasteiger partial charge >= 0.3 is 36.1 Å². The van der Waals surface area contributed by atoms with Crippen LogP contribution in [0.25, 0.3) is 10.2 Å². The molecule has 0 aliphatic carbocycles. The summed E-state index contributed by atoms with van der Waals surface area (Å²) in [6.07, 6.45) is -21.0. The maximum Gasteiger partial charge on any atom is 0.462 e. The number of aromatic nitrogens is 1. The number of benzene rings is 1. The van der Waals surface area contributed by atoms with E-state index in [2.05, 4.69) is 9.72 Å². The molecular weight excluding hydrogens is 457 g/mol. The Morgan fingerprint density at radius 2 is 1.45 bits per heavy atom. The summed E-state index contributed by atoms with van der Waals surface area (Å²) in [4.78, 5) is 15.1. The summed E-state index contributed by atoms with van der Waals surface area (Å²) in [5.74, 6) is -16.7. The van der Waals surface area contributed by atoms with Gasteiger partial charge in [-0.1, -0.05) is 23.5 Å². The minimum atomic E-state index is -7.25. The zero-order valence-electron chi connectivity index (χ0n) is 13.1. The van der Waals surface area contributed by atoms with E-state index in [1.54, 1.807) is 0 Å². The van der Waals surface area contributed by atoms with Gasteiger partial charge in [0.05, 0.1) is 10.2 Å². The number of amides is 1. The third kappa shape index (κ3) is 4.08. The van der Waals surface area contributed by atoms with Gasteiger partial charge < -0.3 is 0 Å². The van der Waals surface area contributed by atoms with Gasteiger partial charge in [-0.2, -0.15) is 48.3 Å². The normalized spacial score (nSPS) is 16.0. The number of nitrogens with zero attached hydrogens (tertiary/aromatic N) is 1. The van der Waals surface area contributed by atoms with Crippen LogP contribution in [-0.2, 0) is 9.53 Å². The molecule has 162 valence electrons. The summed E-state index contributed by atoms with van der Waals surface area (Å²) < 4.78 is 143. The smallest absolute Gasteiger partial charge is 0.297 e. The van der Waals surface area contributed by atoms with Crippen LogP contribution in [0.1, 0.15) is 0 Å². The van der Waals surface area contributed by atoms with Crippen molar-refractivity contribution in [3.63, 3.8) is 0 Å². The van der Waals surface area contributed by atoms with Crippen LogP contribution in [0.5, 0.6) is 0 Å². The average molecular weight is 462 g/mol. The number of ether oxygens (including phenoxy) is 1. The van der Waals surface area contributed by atoms with E-state index in [4.69, 9.17) is 0 Å². The maximum absolute atomic E-state index is 14.1. The highest BCUT2D eigenvalue weighted by atomic mass is 32.1. The van der Waals surface area contributed by atoms with Crippen LogP contribution in [-0.4, -0.2) is 41.1 Å². The van der Waals surface area contributed by atoms with Crippen LogP contribution in [0.4, 0.5) is 53.4 Å². The highest BCUT2D eigenvalue weighted by Crippen LogP contribution is 2.51. The molecule has 1 aromatic carbocycles. The SMILES string of the molecule is O=C(Nc1nc2ccccc2s1)[C@@](F)(OC(F)(F)C(F)(F)C(F)(F)F)C(F)(F)F. The molecule has 0 aliphatic rings. The lowest BCUT2D eigenvalue weighted by Crippen LogP contribution is -2.62. The highest BCUT2D eigenvalue weighted by molar-refractivity contribution is 7.22. The van der Waals surface area contributed by atoms with Gasteiger partial charge in [-0.15, -0.1) is 0 Å². The Balaban J connectivity index is 2.39. The van der Waals surface area contributed by atoms with Crippen molar-refractivity contribution in [2.75, 3.05) is 5.32 Å². The first-order chi connectivity index (χ1) is 12.9. The Hall–Kier alpha value is -2.23. The van der Waals surface area contributed by atoms with Gasteiger partial charge in [-0.3, -0.25) is 14.8 Å². The topological polar surface area (TPSA) is 51.2 Å². The quantitative estimate of drug-likeness (QED) is 0.617. The van der Waals surface area contributed by atoms with Crippen molar-refractivity contribution < 1.29 is 57.8 Å². The van der Waals surface area contributed by atoms with Crippen molar-refractivity contribution >= 4 is 32.6 Å². The Kier molecular flexibility index (Phi) is 5.51. The molecule has 0 fully saturated rings. The Labute approximate surface area is 156 Å². The number of carbonyl (C=O) groups is 1. The van der Waals surface area contributed by atoms with E-state index >= 15 is 0 Å². The molecule has 0 radical (unpaired) electrons. The van der Waals surface area contributed by atoms with Gasteiger partial charge in [0.2, 0.25) is 0 Å². The number of thiazole rings is 1. The lowest BCUT2D eigenvalue weighted by Gasteiger charge is -2.33. The summed E-state index contributed by atoms with van der Waals surface area (Å²) in [5.41, 5.74) is 0.0686. The van der Waals surface area contributed by atoms with Crippen LogP contribution >= 0.6 is 11.3 Å². The largest absolute Gasteiger partial charge is 0.462 e. The first kappa shape index (κ1) is 23.1. The second-order valence-electron chi connectivity index (χ2n) is 5.22. The third-order valence-electron chi connectivity index (χ3n) is 3.16. The van der Waals surface area contributed by atoms with E-state index in [1.165, 1.54) is 24.3 Å². The van der Waals surface area contributed by atoms with Gasteiger partial charge in [0.1, 0.15) is 0 Å². The minimum absolute atomic E-state index is 0.0686. The van der Waals surface area contributed by atoms with Gasteiger partial charge in [0, 0.05) is 0 Å². The molecule has 2 rings (SSSR count). The molecule has 1 atom stereocenters. The maximum atomic E-state index is 14.1. The molecule has 0 spiro atoms. The molecule has 0 saturated heterocycles. The fourth-order valence-electron chi connectivity index (χ4n) is 1.74. The zero-order valence-corrected chi connectivity index (χ0v) is 14.0. The first-order valence-electron chi connectivity index (χ1n) is 6.87. The summed E-state index contributed by atoms with van der Waals surface area (Å²) in [6, 6.07) is 5.49. The van der Waals surface area contributed by atoms with Crippen molar-refractivity contribution in [3.8, 4) is 0 Å². The van der Waals surface area contributed by atoms with E-state index < -0.39 is 41.3 Å². The van der Waals surface area contributed by atoms with Crippen LogP contribution in [0, 0.1) is 0 Å². The van der Waals surface area contributed by atoms with Crippen LogP contribution in [0.15, 0.2) is 24.3 Å². The molecule has 0 bridgehead atoms. The summed E-state index contributed by atoms with van der Waals surface area (Å²) in [5, 5.41) is 0.286. The van der Waals surface area contributed by atoms with Crippen molar-refractivity contribution in [3.05, 3.63) is 24.3 Å². The predicted molar refractivity (Wildman–Crippen MR) is 75.2 cm³/mol. The molecular formula is C13H5F11N2O2S. The number of nitrogens with one attached hydrogen (secondary N) is 1. The van der Waals surface area contributed by atoms with Gasteiger partial charge in [0.15, 0.2) is 5.13 Å². The summed E-state index contributed by atoms with van der Waals surface area (Å²) in [7, 11) is 0. The fourth-order valence-corrected chi connectivity index (χ4v) is 2.60. The minimum Gasteiger partial charge on any atom is -0.297 e. The lowest BCUT2D eigenvalue weighted by atomic mass is 10.2. The molecule has 1 heterocycles. The summed E-state index contributed by atoms with van der Waals surface area (Å²) in [6.45, 7) is 0. The van der Waals surface area contributed by atoms with Crippen LogP contribution in [0.2, 0.25) is 0 Å². The van der Waals surface area contributed by atoms with Crippen LogP contribution in [0.3, 0.4) is 0 Å². The Bertz CT molecular complexity index is 875. The number of hydrogen-bond donors (Lipinski definition) is 1. The zero-order chi connectivity index (χ0) is 22.5. The monoisotopic (exact) mass is 462 g/mol. The molecule has 1 aromatic heterocycles. The number of fused-ring (bicyclic) bond motifs is 1. The molecule has 0 saturated carbocycles. The number of rotatable bonds is 5. The van der Waals surface area contributed by atoms with Crippen molar-refractivity contribution in [2.45, 2.75) is 30.2 Å². The van der Waals surface area contributed by atoms with Crippen LogP contribution < -0.4 is 5.32 Å². The Morgan fingerprint density at radius 1 is 0.897 bits per heavy atom. The molecule has 2 aromatic rings. The molecule has 16 heteroatoms. The number of anilines is 1. The lowest BCUT2D eigenvalue weighted by molar-refractivity contribution is -0.472. The highest BCUT2D eigenvalue weighted by Gasteiger charge is 2.79. The first-order valence-corrected chi connectivity index (χ1v) is 7.69. The van der Waals surface area contributed by atoms with Gasteiger partial charge in [-0.05, 0) is 12.1 Å². The molecule has 1 amide bonds. The summed E-state index contributed by atoms with van der Waals surface area (Å²) >= 11 is 0.432. The van der Waals surface area contributed by atoms with Crippen molar-refractivity contribution in [1.82, 2.24) is 4.98 Å². The molecule has 0 unspecified atom stereocenters. The molecule has 0 aliphatic heterocycles. The number of carbonyl (C=O) groups excluding carboxylic acids is 1. The van der Waals surface area contributed by atoms with E-state index in [1.807, 2.05) is 0 Å². The number of halogens is 11. The van der Waals surface area contributed by atoms with E-state index in [0.717, 1.165) is 5.32 Å². The number of hydrogen-bond acceptors (Lipinski definition) is 4. The van der Waals surface area contributed by atoms with Gasteiger partial charge in [-0.25, -0.2) is 4.98 Å². The number of alkyl halides is 11. The number of para-hydroxylation sites is 1. The standard InChI is InChI=1S/C13H5F11N2O2S/c14-9(11(17,18)19,28-13(23,24)10(15,16)12(20,21)22)7(27)26-8-25-5-3-1-2-4-6(5)29-8/h1-4H,(H,25,26,27)/t9-/m1/s1. The van der Waals surface area contributed by atoms with E-state index in [0.29, 0.717) is 11.3 Å².